The van der Waals surface area contributed by atoms with Gasteiger partial charge in [0.05, 0.1) is 23.8 Å². The number of hydrogen-bond donors (Lipinski definition) is 4. The topological polar surface area (TPSA) is 89.4 Å². The molecule has 4 aliphatic carbocycles. The van der Waals surface area contributed by atoms with Crippen LogP contribution in [0.1, 0.15) is 83.5 Å². The van der Waals surface area contributed by atoms with Gasteiger partial charge in [-0.2, -0.15) is 0 Å². The molecule has 0 bridgehead atoms. The number of aromatic amines is 1. The van der Waals surface area contributed by atoms with Crippen molar-refractivity contribution in [2.24, 2.45) is 46.3 Å². The van der Waals surface area contributed by atoms with E-state index in [2.05, 4.69) is 30.7 Å². The van der Waals surface area contributed by atoms with Crippen molar-refractivity contribution in [3.63, 3.8) is 0 Å². The van der Waals surface area contributed by atoms with E-state index in [9.17, 15) is 19.7 Å². The summed E-state index contributed by atoms with van der Waals surface area (Å²) in [5.41, 5.74) is 1.70. The van der Waals surface area contributed by atoms with Gasteiger partial charge in [-0.1, -0.05) is 26.8 Å². The molecule has 1 aromatic heterocycles. The highest BCUT2D eigenvalue weighted by atomic mass is 19.1. The van der Waals surface area contributed by atoms with Gasteiger partial charge in [-0.15, -0.1) is 0 Å². The molecule has 0 saturated heterocycles. The number of nitrogens with one attached hydrogen (secondary N) is 1. The van der Waals surface area contributed by atoms with Crippen LogP contribution in [0.3, 0.4) is 0 Å². The minimum atomic E-state index is -0.369. The predicted octanol–water partition coefficient (Wildman–Crippen LogP) is 5.54. The van der Waals surface area contributed by atoms with Gasteiger partial charge in [-0.05, 0) is 116 Å². The number of aryl methyl sites for hydroxylation is 2. The first-order chi connectivity index (χ1) is 17.5. The zero-order valence-corrected chi connectivity index (χ0v) is 22.9. The molecule has 1 unspecified atom stereocenters. The predicted molar refractivity (Wildman–Crippen MR) is 142 cm³/mol. The molecule has 4 fully saturated rings. The maximum Gasteiger partial charge on any atom is 0.153 e. The number of benzene rings is 1. The van der Waals surface area contributed by atoms with Crippen molar-refractivity contribution < 1.29 is 19.7 Å². The van der Waals surface area contributed by atoms with E-state index in [1.165, 1.54) is 0 Å². The van der Waals surface area contributed by atoms with Gasteiger partial charge in [-0.25, -0.2) is 9.37 Å². The SMILES string of the molecule is Cc1ccc2[nH]c(CCC(C)[C@H]3CC[C@H]4[C@@H]5[C@H](O)C[C@@H]6C[C@H](O)CC[C@]6(C)[C@H]5C[C@H](O)[C@]34C)nc2c1F. The van der Waals surface area contributed by atoms with Crippen molar-refractivity contribution in [2.75, 3.05) is 0 Å². The average Bonchev–Trinajstić information content (AvgIpc) is 3.44. The number of aliphatic hydroxyl groups excluding tert-OH is 3. The molecule has 204 valence electrons. The number of imidazole rings is 1. The van der Waals surface area contributed by atoms with Crippen molar-refractivity contribution in [3.8, 4) is 0 Å². The fourth-order valence-electron chi connectivity index (χ4n) is 10.0. The third kappa shape index (κ3) is 3.83. The van der Waals surface area contributed by atoms with Crippen LogP contribution in [0.2, 0.25) is 0 Å². The van der Waals surface area contributed by atoms with Crippen molar-refractivity contribution in [1.82, 2.24) is 9.97 Å². The van der Waals surface area contributed by atoms with Crippen molar-refractivity contribution in [3.05, 3.63) is 29.3 Å². The Hall–Kier alpha value is -1.50. The average molecular weight is 513 g/mol. The van der Waals surface area contributed by atoms with Gasteiger partial charge < -0.3 is 20.3 Å². The monoisotopic (exact) mass is 512 g/mol. The van der Waals surface area contributed by atoms with Crippen LogP contribution in [-0.2, 0) is 6.42 Å². The smallest absolute Gasteiger partial charge is 0.153 e. The fraction of sp³-hybridized carbons (Fsp3) is 0.774. The highest BCUT2D eigenvalue weighted by molar-refractivity contribution is 5.76. The molecular formula is C31H45FN2O3. The van der Waals surface area contributed by atoms with Crippen LogP contribution >= 0.6 is 0 Å². The number of fused-ring (bicyclic) bond motifs is 6. The Morgan fingerprint density at radius 1 is 1.08 bits per heavy atom. The standard InChI is InChI=1S/C31H45FN2O3/c1-16(6-10-26-33-23-9-5-17(2)28(32)29(23)34-26)20-7-8-21-27-22(15-25(37)31(20,21)4)30(3)12-11-19(35)13-18(30)14-24(27)36/h5,9,16,18-22,24-25,27,35-37H,6-8,10-15H2,1-4H3,(H,33,34)/t16?,18-,19+,20+,21-,22-,24+,25-,27-,30-,31+/m0/s1. The lowest BCUT2D eigenvalue weighted by atomic mass is 9.43. The van der Waals surface area contributed by atoms with Crippen LogP contribution in [0, 0.1) is 59.1 Å². The Kier molecular flexibility index (Phi) is 6.28. The molecule has 5 nitrogen and oxygen atoms in total. The first kappa shape index (κ1) is 25.8. The summed E-state index contributed by atoms with van der Waals surface area (Å²) in [7, 11) is 0. The van der Waals surface area contributed by atoms with Gasteiger partial charge >= 0.3 is 0 Å². The summed E-state index contributed by atoms with van der Waals surface area (Å²) in [5, 5.41) is 33.6. The second kappa shape index (κ2) is 9.02. The van der Waals surface area contributed by atoms with Gasteiger partial charge in [-0.3, -0.25) is 0 Å². The summed E-state index contributed by atoms with van der Waals surface area (Å²) < 4.78 is 14.5. The Bertz CT molecular complexity index is 1170. The molecule has 0 amide bonds. The molecular weight excluding hydrogens is 467 g/mol. The Labute approximate surface area is 220 Å². The van der Waals surface area contributed by atoms with Gasteiger partial charge in [0.15, 0.2) is 5.82 Å². The molecule has 1 aromatic carbocycles. The summed E-state index contributed by atoms with van der Waals surface area (Å²) in [6.45, 7) is 8.76. The molecule has 0 radical (unpaired) electrons. The maximum atomic E-state index is 14.5. The van der Waals surface area contributed by atoms with Crippen LogP contribution < -0.4 is 0 Å². The highest BCUT2D eigenvalue weighted by Crippen LogP contribution is 2.68. The van der Waals surface area contributed by atoms with E-state index in [4.69, 9.17) is 0 Å². The van der Waals surface area contributed by atoms with E-state index in [1.807, 2.05) is 6.07 Å². The normalized spacial score (nSPS) is 44.3. The van der Waals surface area contributed by atoms with Crippen molar-refractivity contribution >= 4 is 11.0 Å². The lowest BCUT2D eigenvalue weighted by molar-refractivity contribution is -0.207. The van der Waals surface area contributed by atoms with E-state index < -0.39 is 0 Å². The van der Waals surface area contributed by atoms with E-state index >= 15 is 0 Å². The molecule has 1 heterocycles. The minimum absolute atomic E-state index is 0.101. The molecule has 0 spiro atoms. The summed E-state index contributed by atoms with van der Waals surface area (Å²) >= 11 is 0. The molecule has 4 N–H and O–H groups in total. The van der Waals surface area contributed by atoms with Crippen LogP contribution in [-0.4, -0.2) is 43.6 Å². The molecule has 4 saturated carbocycles. The Morgan fingerprint density at radius 3 is 2.65 bits per heavy atom. The summed E-state index contributed by atoms with van der Waals surface area (Å²) in [6.07, 6.45) is 7.09. The van der Waals surface area contributed by atoms with Crippen LogP contribution in [0.25, 0.3) is 11.0 Å². The number of aromatic nitrogens is 2. The number of halogens is 1. The van der Waals surface area contributed by atoms with Gasteiger partial charge in [0.1, 0.15) is 11.3 Å². The van der Waals surface area contributed by atoms with Gasteiger partial charge in [0.2, 0.25) is 0 Å². The first-order valence-corrected chi connectivity index (χ1v) is 14.7. The van der Waals surface area contributed by atoms with E-state index in [0.717, 1.165) is 69.1 Å². The largest absolute Gasteiger partial charge is 0.393 e. The molecule has 6 rings (SSSR count). The maximum absolute atomic E-state index is 14.5. The molecule has 6 heteroatoms. The molecule has 11 atom stereocenters. The van der Waals surface area contributed by atoms with Crippen LogP contribution in [0.15, 0.2) is 12.1 Å². The zero-order chi connectivity index (χ0) is 26.3. The second-order valence-electron chi connectivity index (χ2n) is 13.8. The minimum Gasteiger partial charge on any atom is -0.393 e. The number of aliphatic hydroxyl groups is 3. The highest BCUT2D eigenvalue weighted by Gasteiger charge is 2.65. The van der Waals surface area contributed by atoms with Crippen LogP contribution in [0.4, 0.5) is 4.39 Å². The number of rotatable bonds is 4. The first-order valence-electron chi connectivity index (χ1n) is 14.7. The number of nitrogens with zero attached hydrogens (tertiary/aromatic N) is 1. The zero-order valence-electron chi connectivity index (χ0n) is 22.9. The summed E-state index contributed by atoms with van der Waals surface area (Å²) in [6, 6.07) is 3.69. The van der Waals surface area contributed by atoms with Crippen molar-refractivity contribution in [2.45, 2.75) is 104 Å². The van der Waals surface area contributed by atoms with Gasteiger partial charge in [0, 0.05) is 6.42 Å². The molecule has 0 aliphatic heterocycles. The quantitative estimate of drug-likeness (QED) is 0.433. The Balaban J connectivity index is 1.20. The fourth-order valence-corrected chi connectivity index (χ4v) is 10.0. The molecule has 2 aromatic rings. The van der Waals surface area contributed by atoms with E-state index in [1.54, 1.807) is 13.0 Å². The number of H-pyrrole nitrogens is 1. The van der Waals surface area contributed by atoms with E-state index in [0.29, 0.717) is 40.7 Å². The summed E-state index contributed by atoms with van der Waals surface area (Å²) in [5.74, 6) is 2.62. The second-order valence-corrected chi connectivity index (χ2v) is 13.8. The molecule has 37 heavy (non-hydrogen) atoms. The summed E-state index contributed by atoms with van der Waals surface area (Å²) in [4.78, 5) is 7.88. The number of hydrogen-bond acceptors (Lipinski definition) is 4. The van der Waals surface area contributed by atoms with Crippen molar-refractivity contribution in [1.29, 1.82) is 0 Å². The lowest BCUT2D eigenvalue weighted by Crippen LogP contribution is -2.62. The van der Waals surface area contributed by atoms with E-state index in [-0.39, 0.29) is 40.9 Å². The van der Waals surface area contributed by atoms with Gasteiger partial charge in [0.25, 0.3) is 0 Å². The third-order valence-electron chi connectivity index (χ3n) is 12.2. The molecule has 4 aliphatic rings. The Morgan fingerprint density at radius 2 is 1.86 bits per heavy atom. The van der Waals surface area contributed by atoms with Crippen LogP contribution in [0.5, 0.6) is 0 Å². The lowest BCUT2D eigenvalue weighted by Gasteiger charge is -2.63. The third-order valence-corrected chi connectivity index (χ3v) is 12.2.